The molecule has 0 aliphatic heterocycles. The Hall–Kier alpha value is -2.53. The molecule has 0 spiro atoms. The number of aliphatic imine (C=N–C) groups is 1. The van der Waals surface area contributed by atoms with Crippen LogP contribution < -0.4 is 15.2 Å². The van der Waals surface area contributed by atoms with E-state index < -0.39 is 0 Å². The van der Waals surface area contributed by atoms with Gasteiger partial charge in [0, 0.05) is 30.4 Å². The first-order valence-corrected chi connectivity index (χ1v) is 7.39. The predicted octanol–water partition coefficient (Wildman–Crippen LogP) is 3.55. The van der Waals surface area contributed by atoms with Gasteiger partial charge in [-0.3, -0.25) is 9.79 Å². The van der Waals surface area contributed by atoms with Crippen molar-refractivity contribution in [2.75, 3.05) is 19.0 Å². The van der Waals surface area contributed by atoms with Gasteiger partial charge in [-0.25, -0.2) is 0 Å². The standard InChI is InChI=1S/C17H18ClN3O2/c1-12(19-2)21(3)15-8-4-13(5-9-15)17(22)20-23-16-10-6-14(18)7-11-16/h4-11H,1-3H3,(H,20,22). The van der Waals surface area contributed by atoms with Crippen molar-refractivity contribution >= 4 is 29.0 Å². The van der Waals surface area contributed by atoms with Crippen LogP contribution >= 0.6 is 11.6 Å². The molecule has 0 aromatic heterocycles. The molecule has 120 valence electrons. The summed E-state index contributed by atoms with van der Waals surface area (Å²) in [5, 5.41) is 0.606. The second-order valence-corrected chi connectivity index (χ2v) is 5.30. The van der Waals surface area contributed by atoms with Crippen molar-refractivity contribution < 1.29 is 9.63 Å². The van der Waals surface area contributed by atoms with E-state index in [0.717, 1.165) is 11.5 Å². The summed E-state index contributed by atoms with van der Waals surface area (Å²) in [6, 6.07) is 13.9. The van der Waals surface area contributed by atoms with E-state index in [-0.39, 0.29) is 5.91 Å². The van der Waals surface area contributed by atoms with Gasteiger partial charge in [0.25, 0.3) is 5.91 Å². The zero-order valence-corrected chi connectivity index (χ0v) is 14.0. The van der Waals surface area contributed by atoms with Gasteiger partial charge in [0.2, 0.25) is 0 Å². The molecular weight excluding hydrogens is 314 g/mol. The number of benzene rings is 2. The largest absolute Gasteiger partial charge is 0.379 e. The molecule has 6 heteroatoms. The lowest BCUT2D eigenvalue weighted by atomic mass is 10.2. The minimum Gasteiger partial charge on any atom is -0.379 e. The van der Waals surface area contributed by atoms with Crippen LogP contribution in [-0.2, 0) is 0 Å². The van der Waals surface area contributed by atoms with Crippen molar-refractivity contribution in [3.8, 4) is 5.75 Å². The van der Waals surface area contributed by atoms with E-state index in [1.54, 1.807) is 43.4 Å². The number of nitrogens with zero attached hydrogens (tertiary/aromatic N) is 2. The number of amides is 1. The van der Waals surface area contributed by atoms with Crippen LogP contribution in [0.3, 0.4) is 0 Å². The van der Waals surface area contributed by atoms with Crippen LogP contribution in [0, 0.1) is 0 Å². The summed E-state index contributed by atoms with van der Waals surface area (Å²) in [6.07, 6.45) is 0. The van der Waals surface area contributed by atoms with Crippen molar-refractivity contribution in [1.82, 2.24) is 5.48 Å². The average Bonchev–Trinajstić information content (AvgIpc) is 2.59. The number of nitrogens with one attached hydrogen (secondary N) is 1. The third-order valence-electron chi connectivity index (χ3n) is 3.40. The van der Waals surface area contributed by atoms with Crippen LogP contribution in [0.1, 0.15) is 17.3 Å². The Bertz CT molecular complexity index is 697. The van der Waals surface area contributed by atoms with Gasteiger partial charge < -0.3 is 9.74 Å². The van der Waals surface area contributed by atoms with E-state index >= 15 is 0 Å². The summed E-state index contributed by atoms with van der Waals surface area (Å²) >= 11 is 5.79. The van der Waals surface area contributed by atoms with Crippen LogP contribution in [0.2, 0.25) is 5.02 Å². The highest BCUT2D eigenvalue weighted by Crippen LogP contribution is 2.16. The Morgan fingerprint density at radius 1 is 1.13 bits per heavy atom. The molecule has 0 saturated heterocycles. The van der Waals surface area contributed by atoms with Crippen LogP contribution in [0.15, 0.2) is 53.5 Å². The summed E-state index contributed by atoms with van der Waals surface area (Å²) < 4.78 is 0. The van der Waals surface area contributed by atoms with E-state index in [4.69, 9.17) is 16.4 Å². The lowest BCUT2D eigenvalue weighted by molar-refractivity contribution is 0.0760. The van der Waals surface area contributed by atoms with E-state index in [1.807, 2.05) is 31.0 Å². The molecule has 0 heterocycles. The second kappa shape index (κ2) is 7.65. The van der Waals surface area contributed by atoms with E-state index in [2.05, 4.69) is 10.5 Å². The topological polar surface area (TPSA) is 53.9 Å². The maximum Gasteiger partial charge on any atom is 0.283 e. The molecule has 1 amide bonds. The van der Waals surface area contributed by atoms with Gasteiger partial charge in [-0.05, 0) is 55.5 Å². The number of hydrogen-bond donors (Lipinski definition) is 1. The molecule has 2 aromatic carbocycles. The minimum atomic E-state index is -0.324. The molecular formula is C17H18ClN3O2. The molecule has 2 aromatic rings. The maximum atomic E-state index is 12.1. The Morgan fingerprint density at radius 2 is 1.74 bits per heavy atom. The number of anilines is 1. The zero-order valence-electron chi connectivity index (χ0n) is 13.2. The fraction of sp³-hybridized carbons (Fsp3) is 0.176. The minimum absolute atomic E-state index is 0.324. The van der Waals surface area contributed by atoms with Gasteiger partial charge in [0.05, 0.1) is 5.84 Å². The van der Waals surface area contributed by atoms with Gasteiger partial charge in [-0.15, -0.1) is 0 Å². The highest BCUT2D eigenvalue weighted by Gasteiger charge is 2.08. The molecule has 0 radical (unpaired) electrons. The van der Waals surface area contributed by atoms with Gasteiger partial charge in [-0.2, -0.15) is 5.48 Å². The van der Waals surface area contributed by atoms with Crippen molar-refractivity contribution in [2.24, 2.45) is 4.99 Å². The first kappa shape index (κ1) is 16.8. The van der Waals surface area contributed by atoms with Gasteiger partial charge in [-0.1, -0.05) is 11.6 Å². The number of carbonyl (C=O) groups excluding carboxylic acids is 1. The normalized spacial score (nSPS) is 11.0. The molecule has 0 fully saturated rings. The van der Waals surface area contributed by atoms with Crippen molar-refractivity contribution in [1.29, 1.82) is 0 Å². The van der Waals surface area contributed by atoms with Gasteiger partial charge >= 0.3 is 0 Å². The molecule has 0 unspecified atom stereocenters. The summed E-state index contributed by atoms with van der Waals surface area (Å²) in [6.45, 7) is 1.92. The van der Waals surface area contributed by atoms with Crippen LogP contribution in [-0.4, -0.2) is 25.8 Å². The average molecular weight is 332 g/mol. The monoisotopic (exact) mass is 331 g/mol. The van der Waals surface area contributed by atoms with E-state index in [0.29, 0.717) is 16.3 Å². The van der Waals surface area contributed by atoms with Gasteiger partial charge in [0.15, 0.2) is 5.75 Å². The molecule has 2 rings (SSSR count). The maximum absolute atomic E-state index is 12.1. The number of hydrogen-bond acceptors (Lipinski definition) is 3. The first-order chi connectivity index (χ1) is 11.0. The highest BCUT2D eigenvalue weighted by molar-refractivity contribution is 6.30. The molecule has 0 aliphatic carbocycles. The lowest BCUT2D eigenvalue weighted by Crippen LogP contribution is -2.27. The van der Waals surface area contributed by atoms with Crippen molar-refractivity contribution in [3.05, 3.63) is 59.1 Å². The third-order valence-corrected chi connectivity index (χ3v) is 3.65. The Labute approximate surface area is 140 Å². The molecule has 0 atom stereocenters. The zero-order chi connectivity index (χ0) is 16.8. The smallest absolute Gasteiger partial charge is 0.283 e. The lowest BCUT2D eigenvalue weighted by Gasteiger charge is -2.18. The van der Waals surface area contributed by atoms with Crippen LogP contribution in [0.25, 0.3) is 0 Å². The molecule has 0 bridgehead atoms. The highest BCUT2D eigenvalue weighted by atomic mass is 35.5. The summed E-state index contributed by atoms with van der Waals surface area (Å²) in [5.74, 6) is 1.07. The third kappa shape index (κ3) is 4.47. The summed E-state index contributed by atoms with van der Waals surface area (Å²) in [4.78, 5) is 23.3. The van der Waals surface area contributed by atoms with Gasteiger partial charge in [0.1, 0.15) is 0 Å². The summed E-state index contributed by atoms with van der Waals surface area (Å²) in [5.41, 5.74) is 3.85. The molecule has 5 nitrogen and oxygen atoms in total. The number of rotatable bonds is 4. The molecule has 1 N–H and O–H groups in total. The fourth-order valence-electron chi connectivity index (χ4n) is 1.84. The number of halogens is 1. The number of carbonyl (C=O) groups is 1. The Morgan fingerprint density at radius 3 is 2.30 bits per heavy atom. The fourth-order valence-corrected chi connectivity index (χ4v) is 1.97. The predicted molar refractivity (Wildman–Crippen MR) is 93.4 cm³/mol. The van der Waals surface area contributed by atoms with Crippen molar-refractivity contribution in [2.45, 2.75) is 6.92 Å². The first-order valence-electron chi connectivity index (χ1n) is 7.01. The van der Waals surface area contributed by atoms with Crippen LogP contribution in [0.4, 0.5) is 5.69 Å². The van der Waals surface area contributed by atoms with E-state index in [1.165, 1.54) is 0 Å². The Kier molecular flexibility index (Phi) is 5.60. The Balaban J connectivity index is 1.98. The molecule has 23 heavy (non-hydrogen) atoms. The number of hydroxylamine groups is 1. The SMILES string of the molecule is CN=C(C)N(C)c1ccc(C(=O)NOc2ccc(Cl)cc2)cc1. The quantitative estimate of drug-likeness (QED) is 0.529. The number of amidine groups is 1. The van der Waals surface area contributed by atoms with E-state index in [9.17, 15) is 4.79 Å². The molecule has 0 aliphatic rings. The van der Waals surface area contributed by atoms with Crippen LogP contribution in [0.5, 0.6) is 5.75 Å². The second-order valence-electron chi connectivity index (χ2n) is 4.86. The molecule has 0 saturated carbocycles. The van der Waals surface area contributed by atoms with Crippen molar-refractivity contribution in [3.63, 3.8) is 0 Å². The summed E-state index contributed by atoms with van der Waals surface area (Å²) in [7, 11) is 3.66.